The molecule has 3 heteroatoms. The Hall–Kier alpha value is -2.29. The lowest BCUT2D eigenvalue weighted by Crippen LogP contribution is -2.26. The topological polar surface area (TPSA) is 35.5 Å². The van der Waals surface area contributed by atoms with Gasteiger partial charge in [0.1, 0.15) is 5.75 Å². The summed E-state index contributed by atoms with van der Waals surface area (Å²) in [6.45, 7) is 3.86. The first kappa shape index (κ1) is 13.7. The van der Waals surface area contributed by atoms with E-state index in [1.165, 1.54) is 22.3 Å². The Morgan fingerprint density at radius 3 is 2.71 bits per heavy atom. The van der Waals surface area contributed by atoms with Crippen molar-refractivity contribution in [2.75, 3.05) is 6.61 Å². The number of hydrogen-bond acceptors (Lipinski definition) is 3. The minimum Gasteiger partial charge on any atom is -0.479 e. The van der Waals surface area contributed by atoms with Gasteiger partial charge in [-0.15, -0.1) is 0 Å². The van der Waals surface area contributed by atoms with Gasteiger partial charge in [0, 0.05) is 0 Å². The van der Waals surface area contributed by atoms with Gasteiger partial charge in [-0.2, -0.15) is 0 Å². The van der Waals surface area contributed by atoms with Gasteiger partial charge < -0.3 is 9.47 Å². The zero-order valence-corrected chi connectivity index (χ0v) is 12.3. The second-order valence-corrected chi connectivity index (χ2v) is 5.17. The van der Waals surface area contributed by atoms with E-state index >= 15 is 0 Å². The van der Waals surface area contributed by atoms with Gasteiger partial charge in [-0.1, -0.05) is 30.3 Å². The van der Waals surface area contributed by atoms with Crippen molar-refractivity contribution in [3.63, 3.8) is 0 Å². The summed E-state index contributed by atoms with van der Waals surface area (Å²) < 4.78 is 10.6. The van der Waals surface area contributed by atoms with Crippen LogP contribution in [0.15, 0.2) is 42.5 Å². The third-order valence-electron chi connectivity index (χ3n) is 3.70. The van der Waals surface area contributed by atoms with E-state index in [1.54, 1.807) is 13.8 Å². The summed E-state index contributed by atoms with van der Waals surface area (Å²) in [5.74, 6) is 0.378. The summed E-state index contributed by atoms with van der Waals surface area (Å²) >= 11 is 0. The van der Waals surface area contributed by atoms with Crippen molar-refractivity contribution in [2.45, 2.75) is 26.4 Å². The van der Waals surface area contributed by atoms with Crippen LogP contribution in [0.4, 0.5) is 0 Å². The summed E-state index contributed by atoms with van der Waals surface area (Å²) in [4.78, 5) is 11.6. The van der Waals surface area contributed by atoms with Gasteiger partial charge in [-0.25, -0.2) is 4.79 Å². The van der Waals surface area contributed by atoms with Crippen LogP contribution in [0.3, 0.4) is 0 Å². The Morgan fingerprint density at radius 2 is 1.90 bits per heavy atom. The van der Waals surface area contributed by atoms with Crippen LogP contribution in [-0.4, -0.2) is 18.7 Å². The number of carbonyl (C=O) groups is 1. The molecule has 0 aliphatic heterocycles. The molecule has 0 saturated carbocycles. The molecule has 0 heterocycles. The molecule has 0 spiro atoms. The van der Waals surface area contributed by atoms with E-state index in [0.717, 1.165) is 6.42 Å². The second-order valence-electron chi connectivity index (χ2n) is 5.17. The Morgan fingerprint density at radius 1 is 1.14 bits per heavy atom. The SMILES string of the molecule is CCOC(=O)C(C)Oc1ccc2c(c1)Cc1ccccc1-2. The molecular weight excluding hydrogens is 264 g/mol. The quantitative estimate of drug-likeness (QED) is 0.686. The third kappa shape index (κ3) is 2.64. The molecule has 0 bridgehead atoms. The van der Waals surface area contributed by atoms with E-state index < -0.39 is 6.10 Å². The largest absolute Gasteiger partial charge is 0.479 e. The number of ether oxygens (including phenoxy) is 2. The van der Waals surface area contributed by atoms with Gasteiger partial charge in [0.05, 0.1) is 6.61 Å². The Kier molecular flexibility index (Phi) is 3.65. The first-order valence-electron chi connectivity index (χ1n) is 7.23. The van der Waals surface area contributed by atoms with Crippen molar-refractivity contribution < 1.29 is 14.3 Å². The summed E-state index contributed by atoms with van der Waals surface area (Å²) in [6, 6.07) is 14.4. The molecule has 0 radical (unpaired) electrons. The first-order chi connectivity index (χ1) is 10.2. The predicted octanol–water partition coefficient (Wildman–Crippen LogP) is 3.59. The fraction of sp³-hybridized carbons (Fsp3) is 0.278. The average Bonchev–Trinajstić information content (AvgIpc) is 2.85. The van der Waals surface area contributed by atoms with E-state index in [1.807, 2.05) is 12.1 Å². The molecule has 21 heavy (non-hydrogen) atoms. The lowest BCUT2D eigenvalue weighted by Gasteiger charge is -2.14. The highest BCUT2D eigenvalue weighted by atomic mass is 16.6. The highest BCUT2D eigenvalue weighted by Crippen LogP contribution is 2.38. The Balaban J connectivity index is 1.79. The number of fused-ring (bicyclic) bond motifs is 3. The summed E-state index contributed by atoms with van der Waals surface area (Å²) in [5.41, 5.74) is 5.12. The van der Waals surface area contributed by atoms with Crippen molar-refractivity contribution in [1.82, 2.24) is 0 Å². The maximum Gasteiger partial charge on any atom is 0.347 e. The van der Waals surface area contributed by atoms with Crippen LogP contribution in [-0.2, 0) is 16.0 Å². The van der Waals surface area contributed by atoms with E-state index in [4.69, 9.17) is 9.47 Å². The van der Waals surface area contributed by atoms with Crippen LogP contribution in [0, 0.1) is 0 Å². The van der Waals surface area contributed by atoms with E-state index in [0.29, 0.717) is 12.4 Å². The zero-order chi connectivity index (χ0) is 14.8. The van der Waals surface area contributed by atoms with Crippen LogP contribution >= 0.6 is 0 Å². The van der Waals surface area contributed by atoms with Crippen molar-refractivity contribution in [3.05, 3.63) is 53.6 Å². The summed E-state index contributed by atoms with van der Waals surface area (Å²) in [6.07, 6.45) is 0.322. The van der Waals surface area contributed by atoms with Crippen LogP contribution in [0.5, 0.6) is 5.75 Å². The molecule has 3 nitrogen and oxygen atoms in total. The van der Waals surface area contributed by atoms with Crippen molar-refractivity contribution in [2.24, 2.45) is 0 Å². The molecule has 0 N–H and O–H groups in total. The summed E-state index contributed by atoms with van der Waals surface area (Å²) in [7, 11) is 0. The minimum atomic E-state index is -0.591. The third-order valence-corrected chi connectivity index (χ3v) is 3.70. The molecule has 0 aromatic heterocycles. The van der Waals surface area contributed by atoms with Gasteiger partial charge in [-0.05, 0) is 54.7 Å². The van der Waals surface area contributed by atoms with E-state index in [-0.39, 0.29) is 5.97 Å². The standard InChI is InChI=1S/C18H18O3/c1-3-20-18(19)12(2)21-15-8-9-17-14(11-15)10-13-6-4-5-7-16(13)17/h4-9,11-12H,3,10H2,1-2H3. The number of benzene rings is 2. The summed E-state index contributed by atoms with van der Waals surface area (Å²) in [5, 5.41) is 0. The van der Waals surface area contributed by atoms with Gasteiger partial charge in [0.25, 0.3) is 0 Å². The molecule has 0 saturated heterocycles. The maximum absolute atomic E-state index is 11.6. The van der Waals surface area contributed by atoms with Crippen LogP contribution in [0.25, 0.3) is 11.1 Å². The molecule has 0 fully saturated rings. The van der Waals surface area contributed by atoms with Crippen molar-refractivity contribution >= 4 is 5.97 Å². The monoisotopic (exact) mass is 282 g/mol. The first-order valence-corrected chi connectivity index (χ1v) is 7.23. The van der Waals surface area contributed by atoms with Gasteiger partial charge in [0.15, 0.2) is 6.10 Å². The van der Waals surface area contributed by atoms with Gasteiger partial charge in [-0.3, -0.25) is 0 Å². The number of hydrogen-bond donors (Lipinski definition) is 0. The van der Waals surface area contributed by atoms with E-state index in [9.17, 15) is 4.79 Å². The molecular formula is C18H18O3. The van der Waals surface area contributed by atoms with Crippen molar-refractivity contribution in [1.29, 1.82) is 0 Å². The normalized spacial score (nSPS) is 13.2. The maximum atomic E-state index is 11.6. The fourth-order valence-corrected chi connectivity index (χ4v) is 2.71. The molecule has 0 amide bonds. The number of carbonyl (C=O) groups excluding carboxylic acids is 1. The van der Waals surface area contributed by atoms with Crippen molar-refractivity contribution in [3.8, 4) is 16.9 Å². The molecule has 1 aliphatic carbocycles. The van der Waals surface area contributed by atoms with Crippen LogP contribution in [0.2, 0.25) is 0 Å². The van der Waals surface area contributed by atoms with Gasteiger partial charge >= 0.3 is 5.97 Å². The van der Waals surface area contributed by atoms with Gasteiger partial charge in [0.2, 0.25) is 0 Å². The molecule has 1 unspecified atom stereocenters. The number of esters is 1. The average molecular weight is 282 g/mol. The number of rotatable bonds is 4. The molecule has 108 valence electrons. The second kappa shape index (κ2) is 5.60. The smallest absolute Gasteiger partial charge is 0.347 e. The minimum absolute atomic E-state index is 0.332. The molecule has 1 atom stereocenters. The van der Waals surface area contributed by atoms with E-state index in [2.05, 4.69) is 30.3 Å². The zero-order valence-electron chi connectivity index (χ0n) is 12.3. The fourth-order valence-electron chi connectivity index (χ4n) is 2.71. The molecule has 2 aromatic carbocycles. The molecule has 3 rings (SSSR count). The predicted molar refractivity (Wildman–Crippen MR) is 81.4 cm³/mol. The lowest BCUT2D eigenvalue weighted by molar-refractivity contribution is -0.150. The van der Waals surface area contributed by atoms with Crippen LogP contribution < -0.4 is 4.74 Å². The Bertz CT molecular complexity index is 676. The molecule has 1 aliphatic rings. The highest BCUT2D eigenvalue weighted by molar-refractivity contribution is 5.78. The lowest BCUT2D eigenvalue weighted by atomic mass is 10.1. The highest BCUT2D eigenvalue weighted by Gasteiger charge is 2.20. The molecule has 2 aromatic rings. The Labute approximate surface area is 124 Å². The van der Waals surface area contributed by atoms with Crippen LogP contribution in [0.1, 0.15) is 25.0 Å².